The van der Waals surface area contributed by atoms with Gasteiger partial charge in [0.25, 0.3) is 0 Å². The lowest BCUT2D eigenvalue weighted by Crippen LogP contribution is -1.90. The van der Waals surface area contributed by atoms with Crippen LogP contribution in [0.5, 0.6) is 11.5 Å². The van der Waals surface area contributed by atoms with Crippen LogP contribution in [-0.4, -0.2) is 25.9 Å². The minimum Gasteiger partial charge on any atom is -0.497 e. The van der Waals surface area contributed by atoms with E-state index in [-0.39, 0.29) is 6.61 Å². The van der Waals surface area contributed by atoms with Gasteiger partial charge in [0.2, 0.25) is 0 Å². The van der Waals surface area contributed by atoms with Gasteiger partial charge in [-0.1, -0.05) is 12.8 Å². The Balaban J connectivity index is 1.94. The van der Waals surface area contributed by atoms with Crippen molar-refractivity contribution in [3.63, 3.8) is 0 Å². The number of hydrogen-bond donors (Lipinski definition) is 1. The van der Waals surface area contributed by atoms with Crippen molar-refractivity contribution in [1.29, 1.82) is 0 Å². The quantitative estimate of drug-likeness (QED) is 0.492. The molecule has 138 valence electrons. The first kappa shape index (κ1) is 18.7. The molecular weight excluding hydrogens is 344 g/mol. The molecule has 0 aliphatic heterocycles. The third-order valence-corrected chi connectivity index (χ3v) is 5.93. The van der Waals surface area contributed by atoms with E-state index >= 15 is 0 Å². The molecule has 0 atom stereocenters. The lowest BCUT2D eigenvalue weighted by atomic mass is 10.00. The second-order valence-corrected chi connectivity index (χ2v) is 7.44. The summed E-state index contributed by atoms with van der Waals surface area (Å²) in [6.07, 6.45) is 5.33. The minimum absolute atomic E-state index is 0.290. The van der Waals surface area contributed by atoms with Crippen molar-refractivity contribution in [3.05, 3.63) is 48.0 Å². The lowest BCUT2D eigenvalue weighted by molar-refractivity contribution is 0.282. The summed E-state index contributed by atoms with van der Waals surface area (Å²) in [4.78, 5) is 1.33. The molecule has 0 saturated heterocycles. The van der Waals surface area contributed by atoms with E-state index in [0.717, 1.165) is 43.6 Å². The van der Waals surface area contributed by atoms with Gasteiger partial charge in [-0.3, -0.25) is 0 Å². The molecule has 4 heteroatoms. The van der Waals surface area contributed by atoms with Gasteiger partial charge < -0.3 is 14.6 Å². The van der Waals surface area contributed by atoms with E-state index in [1.54, 1.807) is 14.2 Å². The van der Waals surface area contributed by atoms with Crippen LogP contribution in [0.4, 0.5) is 0 Å². The molecule has 3 rings (SSSR count). The maximum absolute atomic E-state index is 8.96. The summed E-state index contributed by atoms with van der Waals surface area (Å²) in [6.45, 7) is 0.290. The molecule has 3 nitrogen and oxygen atoms in total. The number of benzene rings is 2. The first-order valence-electron chi connectivity index (χ1n) is 9.11. The van der Waals surface area contributed by atoms with Crippen LogP contribution in [0.2, 0.25) is 0 Å². The van der Waals surface area contributed by atoms with E-state index in [1.165, 1.54) is 26.1 Å². The van der Waals surface area contributed by atoms with E-state index in [9.17, 15) is 0 Å². The van der Waals surface area contributed by atoms with Gasteiger partial charge >= 0.3 is 0 Å². The average Bonchev–Trinajstić information content (AvgIpc) is 3.05. The Morgan fingerprint density at radius 2 is 1.54 bits per heavy atom. The SMILES string of the molecule is COc1ccc(-c2sc3cc(OC)ccc3c2CCCCCCO)cc1. The van der Waals surface area contributed by atoms with Crippen LogP contribution in [0.25, 0.3) is 20.5 Å². The highest BCUT2D eigenvalue weighted by molar-refractivity contribution is 7.22. The summed E-state index contributed by atoms with van der Waals surface area (Å²) in [6, 6.07) is 14.7. The Kier molecular flexibility index (Phi) is 6.53. The average molecular weight is 371 g/mol. The standard InChI is InChI=1S/C22H26O3S/c1-24-17-10-8-16(9-11-17)22-20(7-5-3-4-6-14-23)19-13-12-18(25-2)15-21(19)26-22/h8-13,15,23H,3-7,14H2,1-2H3. The highest BCUT2D eigenvalue weighted by Gasteiger charge is 2.14. The number of aliphatic hydroxyl groups is 1. The lowest BCUT2D eigenvalue weighted by Gasteiger charge is -2.07. The van der Waals surface area contributed by atoms with Crippen LogP contribution in [0.1, 0.15) is 31.2 Å². The predicted molar refractivity (Wildman–Crippen MR) is 110 cm³/mol. The molecular formula is C22H26O3S. The summed E-state index contributed by atoms with van der Waals surface area (Å²) in [5.74, 6) is 1.77. The normalized spacial score (nSPS) is 11.0. The fourth-order valence-electron chi connectivity index (χ4n) is 3.25. The van der Waals surface area contributed by atoms with Crippen LogP contribution >= 0.6 is 11.3 Å². The van der Waals surface area contributed by atoms with Crippen LogP contribution in [0.15, 0.2) is 42.5 Å². The van der Waals surface area contributed by atoms with Crippen LogP contribution in [0.3, 0.4) is 0 Å². The van der Waals surface area contributed by atoms with E-state index in [4.69, 9.17) is 14.6 Å². The molecule has 1 N–H and O–H groups in total. The Bertz CT molecular complexity index is 836. The summed E-state index contributed by atoms with van der Waals surface area (Å²) < 4.78 is 12.0. The summed E-state index contributed by atoms with van der Waals surface area (Å²) in [5.41, 5.74) is 2.65. The minimum atomic E-state index is 0.290. The molecule has 0 radical (unpaired) electrons. The molecule has 0 amide bonds. The zero-order valence-electron chi connectivity index (χ0n) is 15.5. The Morgan fingerprint density at radius 3 is 2.23 bits per heavy atom. The van der Waals surface area contributed by atoms with E-state index in [0.29, 0.717) is 0 Å². The number of ether oxygens (including phenoxy) is 2. The largest absolute Gasteiger partial charge is 0.497 e. The summed E-state index contributed by atoms with van der Waals surface area (Å²) in [7, 11) is 3.40. The number of hydrogen-bond acceptors (Lipinski definition) is 4. The molecule has 0 aliphatic carbocycles. The van der Waals surface area contributed by atoms with Gasteiger partial charge in [-0.2, -0.15) is 0 Å². The highest BCUT2D eigenvalue weighted by Crippen LogP contribution is 2.41. The number of methoxy groups -OCH3 is 2. The number of aliphatic hydroxyl groups excluding tert-OH is 1. The van der Waals surface area contributed by atoms with Gasteiger partial charge in [0.1, 0.15) is 11.5 Å². The van der Waals surface area contributed by atoms with E-state index in [1.807, 2.05) is 29.5 Å². The number of rotatable bonds is 9. The zero-order chi connectivity index (χ0) is 18.4. The van der Waals surface area contributed by atoms with Crippen LogP contribution in [0, 0.1) is 0 Å². The van der Waals surface area contributed by atoms with Crippen molar-refractivity contribution in [2.45, 2.75) is 32.1 Å². The maximum atomic E-state index is 8.96. The van der Waals surface area contributed by atoms with Gasteiger partial charge in [-0.15, -0.1) is 11.3 Å². The molecule has 0 saturated carbocycles. The fourth-order valence-corrected chi connectivity index (χ4v) is 4.53. The molecule has 0 bridgehead atoms. The zero-order valence-corrected chi connectivity index (χ0v) is 16.3. The first-order valence-corrected chi connectivity index (χ1v) is 9.93. The van der Waals surface area contributed by atoms with Gasteiger partial charge in [0.05, 0.1) is 14.2 Å². The third kappa shape index (κ3) is 4.19. The second kappa shape index (κ2) is 9.06. The molecule has 26 heavy (non-hydrogen) atoms. The van der Waals surface area contributed by atoms with Gasteiger partial charge in [-0.25, -0.2) is 0 Å². The number of fused-ring (bicyclic) bond motifs is 1. The Hall–Kier alpha value is -2.04. The van der Waals surface area contributed by atoms with Gasteiger partial charge in [0, 0.05) is 16.2 Å². The number of unbranched alkanes of at least 4 members (excludes halogenated alkanes) is 3. The maximum Gasteiger partial charge on any atom is 0.120 e. The summed E-state index contributed by atoms with van der Waals surface area (Å²) in [5, 5.41) is 10.3. The van der Waals surface area contributed by atoms with Crippen LogP contribution < -0.4 is 9.47 Å². The van der Waals surface area contributed by atoms with Crippen molar-refractivity contribution in [1.82, 2.24) is 0 Å². The Morgan fingerprint density at radius 1 is 0.846 bits per heavy atom. The number of aryl methyl sites for hydroxylation is 1. The smallest absolute Gasteiger partial charge is 0.120 e. The molecule has 1 aromatic heterocycles. The van der Waals surface area contributed by atoms with Crippen molar-refractivity contribution >= 4 is 21.4 Å². The molecule has 0 aliphatic rings. The van der Waals surface area contributed by atoms with E-state index in [2.05, 4.69) is 24.3 Å². The second-order valence-electron chi connectivity index (χ2n) is 6.39. The monoisotopic (exact) mass is 370 g/mol. The van der Waals surface area contributed by atoms with Crippen LogP contribution in [-0.2, 0) is 6.42 Å². The number of thiophene rings is 1. The van der Waals surface area contributed by atoms with Gasteiger partial charge in [-0.05, 0) is 78.2 Å². The van der Waals surface area contributed by atoms with Gasteiger partial charge in [0.15, 0.2) is 0 Å². The van der Waals surface area contributed by atoms with E-state index < -0.39 is 0 Å². The molecule has 0 fully saturated rings. The highest BCUT2D eigenvalue weighted by atomic mass is 32.1. The van der Waals surface area contributed by atoms with Crippen molar-refractivity contribution < 1.29 is 14.6 Å². The predicted octanol–water partition coefficient (Wildman–Crippen LogP) is 5.68. The van der Waals surface area contributed by atoms with Crippen molar-refractivity contribution in [2.75, 3.05) is 20.8 Å². The molecule has 0 spiro atoms. The van der Waals surface area contributed by atoms with Crippen molar-refractivity contribution in [2.24, 2.45) is 0 Å². The first-order chi connectivity index (χ1) is 12.8. The fraction of sp³-hybridized carbons (Fsp3) is 0.364. The topological polar surface area (TPSA) is 38.7 Å². The molecule has 1 heterocycles. The summed E-state index contributed by atoms with van der Waals surface area (Å²) >= 11 is 1.83. The molecule has 0 unspecified atom stereocenters. The molecule has 2 aromatic carbocycles. The third-order valence-electron chi connectivity index (χ3n) is 4.69. The molecule has 3 aromatic rings. The van der Waals surface area contributed by atoms with Crippen molar-refractivity contribution in [3.8, 4) is 21.9 Å². The Labute approximate surface area is 159 Å².